The van der Waals surface area contributed by atoms with Crippen molar-refractivity contribution in [1.82, 2.24) is 0 Å². The highest BCUT2D eigenvalue weighted by molar-refractivity contribution is 14.1. The van der Waals surface area contributed by atoms with E-state index in [-0.39, 0.29) is 4.90 Å². The average Bonchev–Trinajstić information content (AvgIpc) is 2.69. The van der Waals surface area contributed by atoms with Gasteiger partial charge >= 0.3 is 0 Å². The van der Waals surface area contributed by atoms with Gasteiger partial charge in [-0.3, -0.25) is 9.10 Å². The Labute approximate surface area is 182 Å². The summed E-state index contributed by atoms with van der Waals surface area (Å²) in [6, 6.07) is 18.4. The van der Waals surface area contributed by atoms with E-state index >= 15 is 0 Å². The Bertz CT molecular complexity index is 1120. The number of rotatable bonds is 6. The predicted molar refractivity (Wildman–Crippen MR) is 120 cm³/mol. The zero-order valence-electron chi connectivity index (χ0n) is 15.5. The van der Waals surface area contributed by atoms with Gasteiger partial charge in [0.25, 0.3) is 10.0 Å². The number of hydrogen-bond donors (Lipinski definition) is 1. The molecule has 0 aliphatic carbocycles. The van der Waals surface area contributed by atoms with E-state index < -0.39 is 28.3 Å². The fraction of sp³-hybridized carbons (Fsp3) is 0.0952. The van der Waals surface area contributed by atoms with E-state index in [1.54, 1.807) is 36.4 Å². The van der Waals surface area contributed by atoms with Crippen LogP contribution in [0.1, 0.15) is 5.56 Å². The van der Waals surface area contributed by atoms with Crippen LogP contribution in [0.4, 0.5) is 15.8 Å². The van der Waals surface area contributed by atoms with Gasteiger partial charge in [0.1, 0.15) is 12.4 Å². The van der Waals surface area contributed by atoms with Crippen molar-refractivity contribution in [3.63, 3.8) is 0 Å². The van der Waals surface area contributed by atoms with Gasteiger partial charge in [-0.1, -0.05) is 18.2 Å². The second-order valence-corrected chi connectivity index (χ2v) is 9.42. The maximum absolute atomic E-state index is 13.2. The molecule has 1 amide bonds. The molecule has 5 nitrogen and oxygen atoms in total. The Hall–Kier alpha value is -2.46. The van der Waals surface area contributed by atoms with Crippen LogP contribution in [0.2, 0.25) is 0 Å². The molecule has 0 bridgehead atoms. The number of aryl methyl sites for hydroxylation is 1. The fourth-order valence-corrected chi connectivity index (χ4v) is 4.80. The minimum atomic E-state index is -4.07. The maximum Gasteiger partial charge on any atom is 0.264 e. The van der Waals surface area contributed by atoms with Crippen LogP contribution >= 0.6 is 22.6 Å². The second-order valence-electron chi connectivity index (χ2n) is 6.31. The highest BCUT2D eigenvalue weighted by Crippen LogP contribution is 2.24. The molecule has 3 aromatic rings. The molecule has 0 aromatic heterocycles. The van der Waals surface area contributed by atoms with Gasteiger partial charge in [-0.25, -0.2) is 12.8 Å². The molecule has 0 aliphatic heterocycles. The van der Waals surface area contributed by atoms with E-state index in [1.165, 1.54) is 12.1 Å². The Kier molecular flexibility index (Phi) is 6.53. The van der Waals surface area contributed by atoms with Crippen molar-refractivity contribution in [3.05, 3.63) is 87.7 Å². The number of carbonyl (C=O) groups excluding carboxylic acids is 1. The second kappa shape index (κ2) is 8.91. The summed E-state index contributed by atoms with van der Waals surface area (Å²) in [5.74, 6) is -1.02. The minimum Gasteiger partial charge on any atom is -0.324 e. The third-order valence-electron chi connectivity index (χ3n) is 4.20. The molecule has 0 heterocycles. The summed E-state index contributed by atoms with van der Waals surface area (Å²) in [6.45, 7) is 1.44. The predicted octanol–water partition coefficient (Wildman–Crippen LogP) is 4.57. The molecule has 0 spiro atoms. The number of nitrogens with one attached hydrogen (secondary N) is 1. The first kappa shape index (κ1) is 21.3. The van der Waals surface area contributed by atoms with E-state index in [0.717, 1.165) is 25.6 Å². The lowest BCUT2D eigenvalue weighted by atomic mass is 10.2. The molecule has 8 heteroatoms. The molecule has 0 atom stereocenters. The van der Waals surface area contributed by atoms with Crippen LogP contribution in [-0.4, -0.2) is 20.9 Å². The van der Waals surface area contributed by atoms with Crippen molar-refractivity contribution in [2.45, 2.75) is 11.8 Å². The minimum absolute atomic E-state index is 0.0963. The van der Waals surface area contributed by atoms with Gasteiger partial charge in [-0.05, 0) is 89.7 Å². The largest absolute Gasteiger partial charge is 0.324 e. The zero-order chi connectivity index (χ0) is 21.0. The van der Waals surface area contributed by atoms with Gasteiger partial charge in [0.2, 0.25) is 5.91 Å². The van der Waals surface area contributed by atoms with Crippen LogP contribution in [-0.2, 0) is 14.8 Å². The molecule has 3 rings (SSSR count). The number of sulfonamides is 1. The van der Waals surface area contributed by atoms with Gasteiger partial charge < -0.3 is 5.32 Å². The number of halogens is 2. The van der Waals surface area contributed by atoms with Crippen molar-refractivity contribution in [3.8, 4) is 0 Å². The van der Waals surface area contributed by atoms with Crippen LogP contribution < -0.4 is 9.62 Å². The van der Waals surface area contributed by atoms with E-state index in [9.17, 15) is 17.6 Å². The number of nitrogens with zero attached hydrogens (tertiary/aromatic N) is 1. The Balaban J connectivity index is 1.92. The third-order valence-corrected chi connectivity index (χ3v) is 6.65. The van der Waals surface area contributed by atoms with Crippen molar-refractivity contribution >= 4 is 49.9 Å². The molecule has 0 saturated carbocycles. The Morgan fingerprint density at radius 2 is 1.69 bits per heavy atom. The van der Waals surface area contributed by atoms with Gasteiger partial charge in [-0.15, -0.1) is 0 Å². The monoisotopic (exact) mass is 524 g/mol. The lowest BCUT2D eigenvalue weighted by Crippen LogP contribution is -2.38. The average molecular weight is 524 g/mol. The molecular formula is C21H18FIN2O3S. The zero-order valence-corrected chi connectivity index (χ0v) is 18.4. The lowest BCUT2D eigenvalue weighted by Gasteiger charge is -2.24. The highest BCUT2D eigenvalue weighted by atomic mass is 127. The van der Waals surface area contributed by atoms with Crippen molar-refractivity contribution in [2.75, 3.05) is 16.2 Å². The molecule has 3 aromatic carbocycles. The smallest absolute Gasteiger partial charge is 0.264 e. The number of anilines is 2. The van der Waals surface area contributed by atoms with Gasteiger partial charge in [0, 0.05) is 9.26 Å². The van der Waals surface area contributed by atoms with Crippen LogP contribution in [0.5, 0.6) is 0 Å². The topological polar surface area (TPSA) is 66.5 Å². The van der Waals surface area contributed by atoms with Gasteiger partial charge in [0.15, 0.2) is 0 Å². The van der Waals surface area contributed by atoms with E-state index in [4.69, 9.17) is 0 Å². The van der Waals surface area contributed by atoms with Crippen LogP contribution in [0.15, 0.2) is 77.7 Å². The molecule has 150 valence electrons. The standard InChI is InChI=1S/C21H18FIN2O3S/c1-15-13-17(23)9-12-20(15)24-21(26)14-25(18-5-3-2-4-6-18)29(27,28)19-10-7-16(22)8-11-19/h2-13H,14H2,1H3,(H,24,26). The summed E-state index contributed by atoms with van der Waals surface area (Å²) < 4.78 is 41.6. The van der Waals surface area contributed by atoms with Crippen LogP contribution in [0.25, 0.3) is 0 Å². The first-order valence-electron chi connectivity index (χ1n) is 8.67. The van der Waals surface area contributed by atoms with Crippen molar-refractivity contribution in [2.24, 2.45) is 0 Å². The first-order chi connectivity index (χ1) is 13.8. The first-order valence-corrected chi connectivity index (χ1v) is 11.2. The summed E-state index contributed by atoms with van der Waals surface area (Å²) in [7, 11) is -4.07. The number of para-hydroxylation sites is 1. The molecule has 0 aliphatic rings. The normalized spacial score (nSPS) is 11.1. The van der Waals surface area contributed by atoms with E-state index in [0.29, 0.717) is 11.4 Å². The Morgan fingerprint density at radius 3 is 2.31 bits per heavy atom. The highest BCUT2D eigenvalue weighted by Gasteiger charge is 2.27. The number of carbonyl (C=O) groups is 1. The summed E-state index contributed by atoms with van der Waals surface area (Å²) in [4.78, 5) is 12.6. The quantitative estimate of drug-likeness (QED) is 0.481. The third kappa shape index (κ3) is 5.13. The molecule has 1 N–H and O–H groups in total. The molecule has 29 heavy (non-hydrogen) atoms. The van der Waals surface area contributed by atoms with E-state index in [1.807, 2.05) is 19.1 Å². The van der Waals surface area contributed by atoms with Crippen LogP contribution in [0.3, 0.4) is 0 Å². The van der Waals surface area contributed by atoms with Crippen molar-refractivity contribution in [1.29, 1.82) is 0 Å². The number of hydrogen-bond acceptors (Lipinski definition) is 3. The molecule has 0 fully saturated rings. The van der Waals surface area contributed by atoms with E-state index in [2.05, 4.69) is 27.9 Å². The molecule has 0 radical (unpaired) electrons. The SMILES string of the molecule is Cc1cc(I)ccc1NC(=O)CN(c1ccccc1)S(=O)(=O)c1ccc(F)cc1. The molecule has 0 saturated heterocycles. The fourth-order valence-electron chi connectivity index (χ4n) is 2.73. The van der Waals surface area contributed by atoms with Gasteiger partial charge in [0.05, 0.1) is 10.6 Å². The molecular weight excluding hydrogens is 506 g/mol. The summed E-state index contributed by atoms with van der Waals surface area (Å²) in [6.07, 6.45) is 0. The summed E-state index contributed by atoms with van der Waals surface area (Å²) in [5.41, 5.74) is 1.83. The lowest BCUT2D eigenvalue weighted by molar-refractivity contribution is -0.114. The number of benzene rings is 3. The summed E-state index contributed by atoms with van der Waals surface area (Å²) >= 11 is 2.18. The van der Waals surface area contributed by atoms with Gasteiger partial charge in [-0.2, -0.15) is 0 Å². The van der Waals surface area contributed by atoms with Crippen molar-refractivity contribution < 1.29 is 17.6 Å². The molecule has 0 unspecified atom stereocenters. The number of amides is 1. The summed E-state index contributed by atoms with van der Waals surface area (Å²) in [5, 5.41) is 2.76. The maximum atomic E-state index is 13.2. The Morgan fingerprint density at radius 1 is 1.03 bits per heavy atom. The van der Waals surface area contributed by atoms with Crippen LogP contribution in [0, 0.1) is 16.3 Å².